The Morgan fingerprint density at radius 3 is 2.67 bits per heavy atom. The third-order valence-corrected chi connectivity index (χ3v) is 4.67. The molecule has 0 saturated heterocycles. The zero-order valence-corrected chi connectivity index (χ0v) is 13.3. The molecule has 1 aliphatic heterocycles. The minimum atomic E-state index is -0.956. The van der Waals surface area contributed by atoms with Crippen LogP contribution in [0, 0.1) is 0 Å². The number of aromatic hydroxyl groups is 1. The number of fused-ring (bicyclic) bond motifs is 1. The first-order valence-electron chi connectivity index (χ1n) is 6.73. The number of halogens is 2. The van der Waals surface area contributed by atoms with E-state index in [1.54, 1.807) is 26.0 Å². The number of hydrogen-bond acceptors (Lipinski definition) is 3. The first-order chi connectivity index (χ1) is 9.77. The van der Waals surface area contributed by atoms with Gasteiger partial charge in [-0.15, -0.1) is 0 Å². The van der Waals surface area contributed by atoms with Crippen LogP contribution < -0.4 is 0 Å². The summed E-state index contributed by atoms with van der Waals surface area (Å²) in [7, 11) is 0. The molecular formula is C15H16Cl2N2O2. The normalized spacial score (nSPS) is 18.0. The Kier molecular flexibility index (Phi) is 3.43. The fourth-order valence-corrected chi connectivity index (χ4v) is 3.21. The Balaban J connectivity index is 1.93. The fourth-order valence-electron chi connectivity index (χ4n) is 2.73. The van der Waals surface area contributed by atoms with Crippen molar-refractivity contribution in [1.82, 2.24) is 9.55 Å². The largest absolute Gasteiger partial charge is 0.508 e. The molecule has 2 N–H and O–H groups in total. The van der Waals surface area contributed by atoms with Gasteiger partial charge >= 0.3 is 0 Å². The van der Waals surface area contributed by atoms with Crippen molar-refractivity contribution in [2.24, 2.45) is 0 Å². The molecular weight excluding hydrogens is 311 g/mol. The van der Waals surface area contributed by atoms with E-state index in [2.05, 4.69) is 4.98 Å². The van der Waals surface area contributed by atoms with Gasteiger partial charge in [0.15, 0.2) is 0 Å². The smallest absolute Gasteiger partial charge is 0.120 e. The lowest BCUT2D eigenvalue weighted by Crippen LogP contribution is -2.16. The number of rotatable bonds is 2. The van der Waals surface area contributed by atoms with E-state index in [1.165, 1.54) is 0 Å². The van der Waals surface area contributed by atoms with Crippen LogP contribution in [0.25, 0.3) is 0 Å². The topological polar surface area (TPSA) is 58.3 Å². The minimum absolute atomic E-state index is 0.0366. The number of aromatic nitrogens is 2. The van der Waals surface area contributed by atoms with Crippen LogP contribution in [-0.4, -0.2) is 19.8 Å². The Labute approximate surface area is 133 Å². The van der Waals surface area contributed by atoms with Gasteiger partial charge < -0.3 is 14.8 Å². The monoisotopic (exact) mass is 326 g/mol. The summed E-state index contributed by atoms with van der Waals surface area (Å²) >= 11 is 12.3. The summed E-state index contributed by atoms with van der Waals surface area (Å²) in [5.41, 5.74) is 0.361. The lowest BCUT2D eigenvalue weighted by Gasteiger charge is -2.16. The molecule has 1 aromatic carbocycles. The summed E-state index contributed by atoms with van der Waals surface area (Å²) in [6.07, 6.45) is 2.51. The van der Waals surface area contributed by atoms with Crippen LogP contribution in [0.15, 0.2) is 18.3 Å². The van der Waals surface area contributed by atoms with Gasteiger partial charge in [0.25, 0.3) is 0 Å². The number of phenols is 1. The maximum Gasteiger partial charge on any atom is 0.120 e. The number of phenolic OH excluding ortho intramolecular Hbond substituents is 1. The molecule has 0 unspecified atom stereocenters. The molecule has 0 spiro atoms. The van der Waals surface area contributed by atoms with Crippen LogP contribution in [0.3, 0.4) is 0 Å². The van der Waals surface area contributed by atoms with Crippen molar-refractivity contribution in [2.75, 3.05) is 0 Å². The van der Waals surface area contributed by atoms with Crippen molar-refractivity contribution < 1.29 is 10.2 Å². The fraction of sp³-hybridized carbons (Fsp3) is 0.400. The average molecular weight is 327 g/mol. The molecule has 0 bridgehead atoms. The second kappa shape index (κ2) is 4.90. The molecule has 1 aliphatic rings. The van der Waals surface area contributed by atoms with E-state index in [1.807, 2.05) is 10.8 Å². The van der Waals surface area contributed by atoms with Gasteiger partial charge in [-0.1, -0.05) is 23.2 Å². The van der Waals surface area contributed by atoms with Gasteiger partial charge in [0, 0.05) is 30.6 Å². The van der Waals surface area contributed by atoms with Crippen molar-refractivity contribution in [3.05, 3.63) is 45.5 Å². The minimum Gasteiger partial charge on any atom is -0.508 e. The number of benzene rings is 1. The molecule has 4 nitrogen and oxygen atoms in total. The first-order valence-corrected chi connectivity index (χ1v) is 7.48. The predicted molar refractivity (Wildman–Crippen MR) is 82.0 cm³/mol. The molecule has 1 aromatic heterocycles. The van der Waals surface area contributed by atoms with Gasteiger partial charge in [-0.3, -0.25) is 0 Å². The zero-order valence-electron chi connectivity index (χ0n) is 11.8. The molecule has 3 rings (SSSR count). The highest BCUT2D eigenvalue weighted by Crippen LogP contribution is 2.42. The summed E-state index contributed by atoms with van der Waals surface area (Å²) in [5, 5.41) is 20.9. The Morgan fingerprint density at radius 1 is 1.33 bits per heavy atom. The molecule has 0 saturated carbocycles. The average Bonchev–Trinajstić information content (AvgIpc) is 2.92. The Bertz CT molecular complexity index is 681. The molecule has 6 heteroatoms. The third kappa shape index (κ3) is 2.52. The van der Waals surface area contributed by atoms with E-state index in [0.29, 0.717) is 34.3 Å². The highest BCUT2D eigenvalue weighted by molar-refractivity contribution is 6.42. The van der Waals surface area contributed by atoms with Gasteiger partial charge in [-0.25, -0.2) is 4.98 Å². The van der Waals surface area contributed by atoms with Crippen molar-refractivity contribution in [3.63, 3.8) is 0 Å². The maximum atomic E-state index is 10.1. The van der Waals surface area contributed by atoms with Crippen LogP contribution in [0.5, 0.6) is 5.75 Å². The molecule has 0 amide bonds. The summed E-state index contributed by atoms with van der Waals surface area (Å²) in [5.74, 6) is 1.07. The molecule has 2 heterocycles. The second-order valence-corrected chi connectivity index (χ2v) is 6.73. The summed E-state index contributed by atoms with van der Waals surface area (Å²) in [6, 6.07) is 3.15. The summed E-state index contributed by atoms with van der Waals surface area (Å²) < 4.78 is 1.99. The SMILES string of the molecule is CC(C)(O)c1cn2c(n1)C[C@@H](c1c(O)ccc(Cl)c1Cl)C2. The lowest BCUT2D eigenvalue weighted by atomic mass is 9.96. The van der Waals surface area contributed by atoms with Crippen LogP contribution in [0.2, 0.25) is 10.0 Å². The van der Waals surface area contributed by atoms with Crippen molar-refractivity contribution >= 4 is 23.2 Å². The Morgan fingerprint density at radius 2 is 2.05 bits per heavy atom. The molecule has 0 fully saturated rings. The van der Waals surface area contributed by atoms with E-state index >= 15 is 0 Å². The van der Waals surface area contributed by atoms with E-state index in [4.69, 9.17) is 23.2 Å². The lowest BCUT2D eigenvalue weighted by molar-refractivity contribution is 0.0740. The quantitative estimate of drug-likeness (QED) is 0.888. The van der Waals surface area contributed by atoms with Gasteiger partial charge in [-0.2, -0.15) is 0 Å². The number of hydrogen-bond donors (Lipinski definition) is 2. The first kappa shape index (κ1) is 14.7. The molecule has 0 radical (unpaired) electrons. The second-order valence-electron chi connectivity index (χ2n) is 5.95. The highest BCUT2D eigenvalue weighted by Gasteiger charge is 2.31. The summed E-state index contributed by atoms with van der Waals surface area (Å²) in [4.78, 5) is 4.47. The van der Waals surface area contributed by atoms with Crippen LogP contribution >= 0.6 is 23.2 Å². The van der Waals surface area contributed by atoms with Gasteiger partial charge in [0.1, 0.15) is 17.2 Å². The summed E-state index contributed by atoms with van der Waals surface area (Å²) in [6.45, 7) is 4.08. The standard InChI is InChI=1S/C15H16Cl2N2O2/c1-15(2,21)11-7-19-6-8(5-12(19)18-11)13-10(20)4-3-9(16)14(13)17/h3-4,7-8,20-21H,5-6H2,1-2H3/t8-/m1/s1. The van der Waals surface area contributed by atoms with Crippen molar-refractivity contribution in [2.45, 2.75) is 38.3 Å². The molecule has 21 heavy (non-hydrogen) atoms. The van der Waals surface area contributed by atoms with Gasteiger partial charge in [0.05, 0.1) is 15.7 Å². The molecule has 0 aliphatic carbocycles. The number of imidazole rings is 1. The highest BCUT2D eigenvalue weighted by atomic mass is 35.5. The van der Waals surface area contributed by atoms with Gasteiger partial charge in [-0.05, 0) is 26.0 Å². The molecule has 112 valence electrons. The van der Waals surface area contributed by atoms with Crippen LogP contribution in [-0.2, 0) is 18.6 Å². The van der Waals surface area contributed by atoms with E-state index in [0.717, 1.165) is 5.82 Å². The van der Waals surface area contributed by atoms with Gasteiger partial charge in [0.2, 0.25) is 0 Å². The van der Waals surface area contributed by atoms with Crippen LogP contribution in [0.4, 0.5) is 0 Å². The van der Waals surface area contributed by atoms with Crippen LogP contribution in [0.1, 0.15) is 36.8 Å². The Hall–Kier alpha value is -1.23. The van der Waals surface area contributed by atoms with Crippen molar-refractivity contribution in [3.8, 4) is 5.75 Å². The molecule has 1 atom stereocenters. The van der Waals surface area contributed by atoms with E-state index in [9.17, 15) is 10.2 Å². The van der Waals surface area contributed by atoms with Crippen molar-refractivity contribution in [1.29, 1.82) is 0 Å². The van der Waals surface area contributed by atoms with E-state index in [-0.39, 0.29) is 11.7 Å². The zero-order chi connectivity index (χ0) is 15.4. The molecule has 2 aromatic rings. The predicted octanol–water partition coefficient (Wildman–Crippen LogP) is 3.46. The third-order valence-electron chi connectivity index (χ3n) is 3.85. The maximum absolute atomic E-state index is 10.1. The number of aliphatic hydroxyl groups is 1. The van der Waals surface area contributed by atoms with E-state index < -0.39 is 5.60 Å². The number of nitrogens with zero attached hydrogens (tertiary/aromatic N) is 2.